The van der Waals surface area contributed by atoms with Crippen molar-refractivity contribution in [2.45, 2.75) is 6.82 Å². The zero-order chi connectivity index (χ0) is 6.24. The Bertz CT molecular complexity index is 80.8. The molecule has 0 aliphatic heterocycles. The van der Waals surface area contributed by atoms with E-state index in [0.717, 1.165) is 0 Å². The molecule has 0 atom stereocenters. The molecule has 0 fully saturated rings. The van der Waals surface area contributed by atoms with E-state index in [0.29, 0.717) is 0 Å². The van der Waals surface area contributed by atoms with Crippen molar-refractivity contribution in [2.75, 3.05) is 0 Å². The van der Waals surface area contributed by atoms with Crippen molar-refractivity contribution in [3.63, 3.8) is 0 Å². The standard InChI is InChI=1S/C6H5.CH3B.K/c1-2-4-6-5-3-1;1-2;/h1-5H;1H3;/q2*-1;+1. The van der Waals surface area contributed by atoms with Gasteiger partial charge in [-0.1, -0.05) is 0 Å². The molecule has 1 rings (SSSR count). The van der Waals surface area contributed by atoms with Crippen LogP contribution in [0, 0.1) is 6.07 Å². The maximum Gasteiger partial charge on any atom is 1.00 e. The summed E-state index contributed by atoms with van der Waals surface area (Å²) >= 11 is 0. The molecule has 0 spiro atoms. The Labute approximate surface area is 101 Å². The van der Waals surface area contributed by atoms with Crippen LogP contribution >= 0.6 is 0 Å². The van der Waals surface area contributed by atoms with Gasteiger partial charge in [0.2, 0.25) is 0 Å². The van der Waals surface area contributed by atoms with Crippen molar-refractivity contribution in [2.24, 2.45) is 0 Å². The van der Waals surface area contributed by atoms with Crippen LogP contribution in [0.3, 0.4) is 0 Å². The van der Waals surface area contributed by atoms with Crippen molar-refractivity contribution in [1.82, 2.24) is 0 Å². The minimum absolute atomic E-state index is 0. The minimum atomic E-state index is 0. The summed E-state index contributed by atoms with van der Waals surface area (Å²) in [6.07, 6.45) is 0. The van der Waals surface area contributed by atoms with E-state index >= 15 is 0 Å². The Kier molecular flexibility index (Phi) is 16.3. The first-order valence-corrected chi connectivity index (χ1v) is 2.49. The second kappa shape index (κ2) is 11.7. The Hall–Kier alpha value is 0.921. The first-order chi connectivity index (χ1) is 4.00. The van der Waals surface area contributed by atoms with Crippen LogP contribution in [-0.2, 0) is 0 Å². The van der Waals surface area contributed by atoms with Crippen molar-refractivity contribution in [3.05, 3.63) is 36.4 Å². The Morgan fingerprint density at radius 1 is 1.00 bits per heavy atom. The summed E-state index contributed by atoms with van der Waals surface area (Å²) in [5, 5.41) is 0. The van der Waals surface area contributed by atoms with Gasteiger partial charge in [-0.15, -0.1) is 0 Å². The van der Waals surface area contributed by atoms with E-state index in [4.69, 9.17) is 0 Å². The van der Waals surface area contributed by atoms with Gasteiger partial charge in [0.15, 0.2) is 0 Å². The van der Waals surface area contributed by atoms with Gasteiger partial charge in [0.05, 0.1) is 0 Å². The molecule has 3 radical (unpaired) electrons. The molecule has 0 saturated heterocycles. The van der Waals surface area contributed by atoms with Gasteiger partial charge < -0.3 is 7.85 Å². The van der Waals surface area contributed by atoms with Crippen molar-refractivity contribution < 1.29 is 51.4 Å². The molecule has 0 unspecified atom stereocenters. The largest absolute Gasteiger partial charge is 1.00 e. The summed E-state index contributed by atoms with van der Waals surface area (Å²) in [5.41, 5.74) is 0. The summed E-state index contributed by atoms with van der Waals surface area (Å²) < 4.78 is 0. The van der Waals surface area contributed by atoms with Crippen LogP contribution in [-0.4, -0.2) is 7.85 Å². The molecule has 9 heavy (non-hydrogen) atoms. The predicted octanol–water partition coefficient (Wildman–Crippen LogP) is -1.31. The van der Waals surface area contributed by atoms with E-state index in [1.807, 2.05) is 30.3 Å². The molecule has 0 amide bonds. The van der Waals surface area contributed by atoms with Gasteiger partial charge in [-0.2, -0.15) is 36.4 Å². The smallest absolute Gasteiger partial charge is 0.631 e. The van der Waals surface area contributed by atoms with Crippen molar-refractivity contribution in [3.8, 4) is 0 Å². The maximum absolute atomic E-state index is 4.50. The van der Waals surface area contributed by atoms with E-state index in [9.17, 15) is 0 Å². The molecule has 0 saturated carbocycles. The fraction of sp³-hybridized carbons (Fsp3) is 0.143. The van der Waals surface area contributed by atoms with E-state index in [2.05, 4.69) is 13.9 Å². The van der Waals surface area contributed by atoms with Crippen LogP contribution in [0.1, 0.15) is 0 Å². The van der Waals surface area contributed by atoms with E-state index in [1.165, 1.54) is 6.82 Å². The maximum atomic E-state index is 4.50. The van der Waals surface area contributed by atoms with E-state index in [-0.39, 0.29) is 51.4 Å². The molecule has 0 aromatic heterocycles. The second-order valence-electron chi connectivity index (χ2n) is 1.08. The monoisotopic (exact) mass is 142 g/mol. The molecule has 0 aliphatic carbocycles. The molecule has 41 valence electrons. The summed E-state index contributed by atoms with van der Waals surface area (Å²) in [4.78, 5) is 0. The van der Waals surface area contributed by atoms with Gasteiger partial charge in [0.25, 0.3) is 0 Å². The number of rotatable bonds is 0. The molecule has 0 nitrogen and oxygen atoms in total. The van der Waals surface area contributed by atoms with E-state index < -0.39 is 0 Å². The fourth-order valence-electron chi connectivity index (χ4n) is 0.342. The molecular formula is C7H8BK-. The molecule has 2 heteroatoms. The second-order valence-corrected chi connectivity index (χ2v) is 1.08. The SMILES string of the molecule is [B-]C.[K+].[c-]1ccccc1. The quantitative estimate of drug-likeness (QED) is 0.312. The summed E-state index contributed by atoms with van der Waals surface area (Å²) in [6, 6.07) is 12.5. The molecule has 0 aliphatic rings. The predicted molar refractivity (Wildman–Crippen MR) is 36.9 cm³/mol. The topological polar surface area (TPSA) is 0 Å². The van der Waals surface area contributed by atoms with Crippen LogP contribution < -0.4 is 51.4 Å². The molecule has 0 bridgehead atoms. The first-order valence-electron chi connectivity index (χ1n) is 2.49. The Balaban J connectivity index is 0. The fourth-order valence-corrected chi connectivity index (χ4v) is 0.342. The average Bonchev–Trinajstić information content (AvgIpc) is 1.96. The summed E-state index contributed by atoms with van der Waals surface area (Å²) in [7, 11) is 4.50. The van der Waals surface area contributed by atoms with Crippen LogP contribution in [0.25, 0.3) is 0 Å². The first kappa shape index (κ1) is 12.6. The van der Waals surface area contributed by atoms with Gasteiger partial charge in [-0.05, 0) is 0 Å². The average molecular weight is 142 g/mol. The third-order valence-corrected chi connectivity index (χ3v) is 0.607. The summed E-state index contributed by atoms with van der Waals surface area (Å²) in [6.45, 7) is 1.50. The van der Waals surface area contributed by atoms with Crippen LogP contribution in [0.4, 0.5) is 0 Å². The number of hydrogen-bond acceptors (Lipinski definition) is 0. The van der Waals surface area contributed by atoms with E-state index in [1.54, 1.807) is 0 Å². The number of hydrogen-bond donors (Lipinski definition) is 0. The minimum Gasteiger partial charge on any atom is -0.631 e. The third kappa shape index (κ3) is 8.92. The molecule has 0 heterocycles. The number of benzene rings is 1. The van der Waals surface area contributed by atoms with Gasteiger partial charge in [0, 0.05) is 0 Å². The van der Waals surface area contributed by atoms with Gasteiger partial charge in [-0.25, -0.2) is 0 Å². The molecule has 1 aromatic rings. The molecule has 1 aromatic carbocycles. The Morgan fingerprint density at radius 3 is 1.56 bits per heavy atom. The normalized spacial score (nSPS) is 6.00. The zero-order valence-corrected chi connectivity index (χ0v) is 9.09. The van der Waals surface area contributed by atoms with Crippen molar-refractivity contribution in [1.29, 1.82) is 0 Å². The molecular weight excluding hydrogens is 134 g/mol. The Morgan fingerprint density at radius 2 is 1.44 bits per heavy atom. The van der Waals surface area contributed by atoms with Crippen LogP contribution in [0.2, 0.25) is 6.82 Å². The van der Waals surface area contributed by atoms with Crippen LogP contribution in [0.15, 0.2) is 30.3 Å². The summed E-state index contributed by atoms with van der Waals surface area (Å²) in [5.74, 6) is 0. The molecule has 0 N–H and O–H groups in total. The van der Waals surface area contributed by atoms with Crippen LogP contribution in [0.5, 0.6) is 0 Å². The van der Waals surface area contributed by atoms with Gasteiger partial charge in [0.1, 0.15) is 0 Å². The third-order valence-electron chi connectivity index (χ3n) is 0.607. The zero-order valence-electron chi connectivity index (χ0n) is 5.96. The van der Waals surface area contributed by atoms with Gasteiger partial charge >= 0.3 is 51.4 Å². The van der Waals surface area contributed by atoms with Gasteiger partial charge in [-0.3, -0.25) is 6.82 Å². The van der Waals surface area contributed by atoms with Crippen molar-refractivity contribution >= 4 is 7.85 Å².